The van der Waals surface area contributed by atoms with E-state index in [0.717, 1.165) is 6.61 Å². The van der Waals surface area contributed by atoms with Crippen LogP contribution in [-0.2, 0) is 9.47 Å². The fourth-order valence-corrected chi connectivity index (χ4v) is 2.23. The van der Waals surface area contributed by atoms with Gasteiger partial charge in [-0.2, -0.15) is 0 Å². The van der Waals surface area contributed by atoms with Crippen LogP contribution in [0.15, 0.2) is 47.4 Å². The van der Waals surface area contributed by atoms with Crippen LogP contribution >= 0.6 is 11.3 Å². The average molecular weight is 323 g/mol. The van der Waals surface area contributed by atoms with Gasteiger partial charge in [-0.15, -0.1) is 11.3 Å². The summed E-state index contributed by atoms with van der Waals surface area (Å²) in [6, 6.07) is 4.21. The fraction of sp³-hybridized carbons (Fsp3) is 0.474. The molecule has 0 N–H and O–H groups in total. The zero-order valence-corrected chi connectivity index (χ0v) is 15.2. The molecule has 1 aliphatic rings. The third-order valence-corrected chi connectivity index (χ3v) is 3.48. The first kappa shape index (κ1) is 20.8. The molecule has 0 radical (unpaired) electrons. The van der Waals surface area contributed by atoms with E-state index in [4.69, 9.17) is 9.47 Å². The van der Waals surface area contributed by atoms with Gasteiger partial charge in [-0.05, 0) is 42.9 Å². The predicted molar refractivity (Wildman–Crippen MR) is 99.5 cm³/mol. The Balaban J connectivity index is 0.000000421. The minimum absolute atomic E-state index is 0.702. The molecule has 0 aromatic carbocycles. The van der Waals surface area contributed by atoms with Crippen molar-refractivity contribution >= 4 is 17.4 Å². The lowest BCUT2D eigenvalue weighted by Crippen LogP contribution is -2.00. The van der Waals surface area contributed by atoms with Crippen LogP contribution < -0.4 is 0 Å². The van der Waals surface area contributed by atoms with E-state index in [-0.39, 0.29) is 0 Å². The number of allylic oxidation sites excluding steroid dienone is 5. The summed E-state index contributed by atoms with van der Waals surface area (Å²) in [5.41, 5.74) is 1.33. The van der Waals surface area contributed by atoms with E-state index in [1.165, 1.54) is 23.3 Å². The molecule has 0 spiro atoms. The lowest BCUT2D eigenvalue weighted by molar-refractivity contribution is 0.0777. The molecule has 1 aromatic rings. The van der Waals surface area contributed by atoms with Crippen molar-refractivity contribution in [2.45, 2.75) is 33.6 Å². The van der Waals surface area contributed by atoms with Gasteiger partial charge >= 0.3 is 0 Å². The van der Waals surface area contributed by atoms with Crippen LogP contribution in [0.25, 0.3) is 6.08 Å². The Morgan fingerprint density at radius 1 is 1.18 bits per heavy atom. The summed E-state index contributed by atoms with van der Waals surface area (Å²) in [5.74, 6) is 0. The third-order valence-electron chi connectivity index (χ3n) is 2.64. The van der Waals surface area contributed by atoms with E-state index in [2.05, 4.69) is 47.9 Å². The van der Waals surface area contributed by atoms with Crippen molar-refractivity contribution in [1.82, 2.24) is 0 Å². The van der Waals surface area contributed by atoms with Crippen molar-refractivity contribution in [1.29, 1.82) is 0 Å². The number of methoxy groups -OCH3 is 1. The number of ether oxygens (including phenoxy) is 2. The number of rotatable bonds is 6. The van der Waals surface area contributed by atoms with Crippen LogP contribution in [0, 0.1) is 0 Å². The maximum absolute atomic E-state index is 4.95. The molecule has 2 nitrogen and oxygen atoms in total. The summed E-state index contributed by atoms with van der Waals surface area (Å²) in [6.45, 7) is 8.17. The standard InChI is InChI=1S/C12H12S.C5H12O2.C2H6/c1-2-5-11(6-3-1)8-9-12-7-4-10-13-12;1-3-7-5-4-6-2;1-2/h2,4-10H,1,3H2;3-5H2,1-2H3;1-2H3/b9-8+;;. The second-order valence-corrected chi connectivity index (χ2v) is 5.20. The Bertz CT molecular complexity index is 413. The van der Waals surface area contributed by atoms with Gasteiger partial charge in [0.25, 0.3) is 0 Å². The number of hydrogen-bond donors (Lipinski definition) is 0. The van der Waals surface area contributed by atoms with Crippen LogP contribution in [0.4, 0.5) is 0 Å². The zero-order valence-electron chi connectivity index (χ0n) is 14.4. The SMILES string of the molecule is C1=CC(/C=C/c2cccs2)=CCC1.CC.CCOCCOC. The molecule has 0 atom stereocenters. The molecule has 1 aromatic heterocycles. The van der Waals surface area contributed by atoms with Gasteiger partial charge in [-0.25, -0.2) is 0 Å². The lowest BCUT2D eigenvalue weighted by atomic mass is 10.1. The molecule has 0 saturated heterocycles. The number of hydrogen-bond acceptors (Lipinski definition) is 3. The molecule has 124 valence electrons. The summed E-state index contributed by atoms with van der Waals surface area (Å²) in [6.07, 6.45) is 13.4. The maximum atomic E-state index is 4.95. The first-order chi connectivity index (χ1) is 10.9. The van der Waals surface area contributed by atoms with Crippen LogP contribution in [0.1, 0.15) is 38.5 Å². The van der Waals surface area contributed by atoms with Crippen LogP contribution in [0.2, 0.25) is 0 Å². The van der Waals surface area contributed by atoms with E-state index in [1.54, 1.807) is 18.4 Å². The first-order valence-corrected chi connectivity index (χ1v) is 8.89. The Hall–Kier alpha value is -1.16. The Labute approximate surface area is 140 Å². The highest BCUT2D eigenvalue weighted by atomic mass is 32.1. The summed E-state index contributed by atoms with van der Waals surface area (Å²) >= 11 is 1.77. The minimum Gasteiger partial charge on any atom is -0.382 e. The number of thiophene rings is 1. The molecule has 0 amide bonds. The normalized spacial score (nSPS) is 13.0. The fourth-order valence-electron chi connectivity index (χ4n) is 1.61. The second kappa shape index (κ2) is 16.2. The predicted octanol–water partition coefficient (Wildman–Crippen LogP) is 5.73. The van der Waals surface area contributed by atoms with Gasteiger partial charge in [0.15, 0.2) is 0 Å². The molecular formula is C19H30O2S. The largest absolute Gasteiger partial charge is 0.382 e. The highest BCUT2D eigenvalue weighted by Crippen LogP contribution is 2.15. The van der Waals surface area contributed by atoms with Gasteiger partial charge in [-0.3, -0.25) is 0 Å². The Morgan fingerprint density at radius 2 is 2.00 bits per heavy atom. The first-order valence-electron chi connectivity index (χ1n) is 8.01. The van der Waals surface area contributed by atoms with Gasteiger partial charge in [0.05, 0.1) is 13.2 Å². The van der Waals surface area contributed by atoms with Crippen molar-refractivity contribution in [3.05, 3.63) is 52.3 Å². The van der Waals surface area contributed by atoms with E-state index in [9.17, 15) is 0 Å². The summed E-state index contributed by atoms with van der Waals surface area (Å²) < 4.78 is 9.67. The molecule has 1 aliphatic carbocycles. The second-order valence-electron chi connectivity index (χ2n) is 4.22. The molecule has 0 unspecified atom stereocenters. The van der Waals surface area contributed by atoms with Crippen LogP contribution in [0.3, 0.4) is 0 Å². The molecular weight excluding hydrogens is 292 g/mol. The van der Waals surface area contributed by atoms with E-state index >= 15 is 0 Å². The van der Waals surface area contributed by atoms with Crippen molar-refractivity contribution < 1.29 is 9.47 Å². The third kappa shape index (κ3) is 11.5. The summed E-state index contributed by atoms with van der Waals surface area (Å²) in [5, 5.41) is 2.10. The molecule has 22 heavy (non-hydrogen) atoms. The molecule has 0 aliphatic heterocycles. The van der Waals surface area contributed by atoms with Crippen LogP contribution in [0.5, 0.6) is 0 Å². The molecule has 0 fully saturated rings. The highest BCUT2D eigenvalue weighted by molar-refractivity contribution is 7.10. The lowest BCUT2D eigenvalue weighted by Gasteiger charge is -1.99. The summed E-state index contributed by atoms with van der Waals surface area (Å²) in [7, 11) is 1.67. The monoisotopic (exact) mass is 322 g/mol. The average Bonchev–Trinajstić information content (AvgIpc) is 3.10. The van der Waals surface area contributed by atoms with Gasteiger partial charge < -0.3 is 9.47 Å². The maximum Gasteiger partial charge on any atom is 0.0700 e. The minimum atomic E-state index is 0.702. The molecule has 1 heterocycles. The Morgan fingerprint density at radius 3 is 2.55 bits per heavy atom. The molecule has 0 bridgehead atoms. The zero-order chi connectivity index (χ0) is 16.5. The summed E-state index contributed by atoms with van der Waals surface area (Å²) in [4.78, 5) is 1.32. The van der Waals surface area contributed by atoms with Crippen molar-refractivity contribution in [3.63, 3.8) is 0 Å². The van der Waals surface area contributed by atoms with Gasteiger partial charge in [0, 0.05) is 18.6 Å². The van der Waals surface area contributed by atoms with Crippen molar-refractivity contribution in [3.8, 4) is 0 Å². The molecule has 2 rings (SSSR count). The smallest absolute Gasteiger partial charge is 0.0700 e. The molecule has 0 saturated carbocycles. The molecule has 3 heteroatoms. The van der Waals surface area contributed by atoms with Crippen molar-refractivity contribution in [2.24, 2.45) is 0 Å². The topological polar surface area (TPSA) is 18.5 Å². The highest BCUT2D eigenvalue weighted by Gasteiger charge is 1.92. The van der Waals surface area contributed by atoms with Gasteiger partial charge in [0.1, 0.15) is 0 Å². The van der Waals surface area contributed by atoms with Crippen molar-refractivity contribution in [2.75, 3.05) is 26.9 Å². The van der Waals surface area contributed by atoms with E-state index in [0.29, 0.717) is 13.2 Å². The quantitative estimate of drug-likeness (QED) is 0.622. The Kier molecular flexibility index (Phi) is 15.4. The van der Waals surface area contributed by atoms with Gasteiger partial charge in [0.2, 0.25) is 0 Å². The van der Waals surface area contributed by atoms with Gasteiger partial charge in [-0.1, -0.05) is 44.2 Å². The van der Waals surface area contributed by atoms with E-state index < -0.39 is 0 Å². The van der Waals surface area contributed by atoms with Crippen LogP contribution in [-0.4, -0.2) is 26.9 Å². The van der Waals surface area contributed by atoms with E-state index in [1.807, 2.05) is 20.8 Å².